The number of nitrogens with one attached hydrogen (secondary N) is 1. The fourth-order valence-electron chi connectivity index (χ4n) is 2.94. The van der Waals surface area contributed by atoms with Gasteiger partial charge < -0.3 is 5.32 Å². The van der Waals surface area contributed by atoms with Crippen LogP contribution in [0.3, 0.4) is 0 Å². The molecule has 1 heteroatoms. The number of rotatable bonds is 5. The molecule has 1 atom stereocenters. The highest BCUT2D eigenvalue weighted by Gasteiger charge is 2.15. The van der Waals surface area contributed by atoms with E-state index >= 15 is 0 Å². The van der Waals surface area contributed by atoms with Crippen LogP contribution >= 0.6 is 0 Å². The molecule has 1 unspecified atom stereocenters. The van der Waals surface area contributed by atoms with E-state index in [1.165, 1.54) is 27.8 Å². The van der Waals surface area contributed by atoms with Crippen molar-refractivity contribution in [2.24, 2.45) is 5.92 Å². The molecule has 0 heterocycles. The summed E-state index contributed by atoms with van der Waals surface area (Å²) in [5, 5.41) is 3.48. The van der Waals surface area contributed by atoms with Gasteiger partial charge in [-0.05, 0) is 55.5 Å². The summed E-state index contributed by atoms with van der Waals surface area (Å²) >= 11 is 0. The highest BCUT2D eigenvalue weighted by Crippen LogP contribution is 2.26. The van der Waals surface area contributed by atoms with E-state index in [1.54, 1.807) is 0 Å². The monoisotopic (exact) mass is 281 g/mol. The van der Waals surface area contributed by atoms with E-state index in [9.17, 15) is 0 Å². The predicted octanol–water partition coefficient (Wildman–Crippen LogP) is 4.81. The maximum Gasteiger partial charge on any atom is 0.0577 e. The van der Waals surface area contributed by atoms with E-state index in [0.29, 0.717) is 5.92 Å². The summed E-state index contributed by atoms with van der Waals surface area (Å²) in [6.07, 6.45) is 1.14. The number of benzene rings is 2. The molecule has 112 valence electrons. The maximum absolute atomic E-state index is 3.48. The smallest absolute Gasteiger partial charge is 0.0577 e. The maximum atomic E-state index is 3.48. The molecule has 0 fully saturated rings. The first-order valence-corrected chi connectivity index (χ1v) is 7.84. The van der Waals surface area contributed by atoms with Crippen molar-refractivity contribution in [3.8, 4) is 0 Å². The molecule has 0 aliphatic carbocycles. The summed E-state index contributed by atoms with van der Waals surface area (Å²) in [6, 6.07) is 16.0. The van der Waals surface area contributed by atoms with E-state index in [2.05, 4.69) is 75.5 Å². The summed E-state index contributed by atoms with van der Waals surface area (Å²) in [7, 11) is 2.04. The van der Waals surface area contributed by atoms with Gasteiger partial charge in [-0.25, -0.2) is 0 Å². The van der Waals surface area contributed by atoms with E-state index in [1.807, 2.05) is 7.05 Å². The van der Waals surface area contributed by atoms with Gasteiger partial charge in [-0.3, -0.25) is 0 Å². The van der Waals surface area contributed by atoms with Crippen LogP contribution in [0.1, 0.15) is 47.7 Å². The second kappa shape index (κ2) is 6.91. The zero-order chi connectivity index (χ0) is 15.4. The van der Waals surface area contributed by atoms with Crippen molar-refractivity contribution in [3.05, 3.63) is 70.3 Å². The van der Waals surface area contributed by atoms with Gasteiger partial charge >= 0.3 is 0 Å². The largest absolute Gasteiger partial charge is 0.309 e. The normalized spacial score (nSPS) is 12.7. The van der Waals surface area contributed by atoms with Crippen molar-refractivity contribution in [1.29, 1.82) is 0 Å². The van der Waals surface area contributed by atoms with Crippen molar-refractivity contribution in [1.82, 2.24) is 5.32 Å². The van der Waals surface area contributed by atoms with E-state index in [0.717, 1.165) is 6.42 Å². The summed E-state index contributed by atoms with van der Waals surface area (Å²) in [5.74, 6) is 0.689. The van der Waals surface area contributed by atoms with Crippen LogP contribution in [0.2, 0.25) is 0 Å². The van der Waals surface area contributed by atoms with Crippen molar-refractivity contribution in [2.75, 3.05) is 7.05 Å². The Bertz CT molecular complexity index is 599. The van der Waals surface area contributed by atoms with E-state index in [-0.39, 0.29) is 6.04 Å². The van der Waals surface area contributed by atoms with Gasteiger partial charge in [0.05, 0.1) is 6.04 Å². The van der Waals surface area contributed by atoms with Gasteiger partial charge in [-0.1, -0.05) is 61.9 Å². The quantitative estimate of drug-likeness (QED) is 0.829. The Morgan fingerprint density at radius 1 is 1.00 bits per heavy atom. The second-order valence-corrected chi connectivity index (χ2v) is 6.42. The third kappa shape index (κ3) is 3.95. The van der Waals surface area contributed by atoms with Gasteiger partial charge in [0.25, 0.3) is 0 Å². The molecule has 0 bridgehead atoms. The van der Waals surface area contributed by atoms with Crippen LogP contribution in [0.25, 0.3) is 0 Å². The van der Waals surface area contributed by atoms with Crippen LogP contribution < -0.4 is 5.32 Å². The molecule has 0 saturated carbocycles. The molecule has 0 saturated heterocycles. The minimum atomic E-state index is 0.261. The van der Waals surface area contributed by atoms with Crippen molar-refractivity contribution in [2.45, 2.75) is 40.2 Å². The van der Waals surface area contributed by atoms with Gasteiger partial charge in [0, 0.05) is 0 Å². The molecule has 1 nitrogen and oxygen atoms in total. The lowest BCUT2D eigenvalue weighted by molar-refractivity contribution is 0.642. The summed E-state index contributed by atoms with van der Waals surface area (Å²) in [5.41, 5.74) is 6.81. The fourth-order valence-corrected chi connectivity index (χ4v) is 2.94. The SMILES string of the molecule is CNC(c1cccc(CC(C)C)c1)c1cc(C)ccc1C. The average Bonchev–Trinajstić information content (AvgIpc) is 2.43. The molecule has 21 heavy (non-hydrogen) atoms. The lowest BCUT2D eigenvalue weighted by atomic mass is 9.91. The number of aryl methyl sites for hydroxylation is 2. The van der Waals surface area contributed by atoms with E-state index < -0.39 is 0 Å². The third-order valence-electron chi connectivity index (χ3n) is 3.96. The molecular weight excluding hydrogens is 254 g/mol. The van der Waals surface area contributed by atoms with Gasteiger partial charge in [0.15, 0.2) is 0 Å². The first-order chi connectivity index (χ1) is 10.0. The fraction of sp³-hybridized carbons (Fsp3) is 0.400. The third-order valence-corrected chi connectivity index (χ3v) is 3.96. The van der Waals surface area contributed by atoms with E-state index in [4.69, 9.17) is 0 Å². The molecule has 0 aliphatic rings. The van der Waals surface area contributed by atoms with Crippen LogP contribution in [0.4, 0.5) is 0 Å². The van der Waals surface area contributed by atoms with Crippen LogP contribution in [0.15, 0.2) is 42.5 Å². The van der Waals surface area contributed by atoms with Gasteiger partial charge in [0.1, 0.15) is 0 Å². The minimum Gasteiger partial charge on any atom is -0.309 e. The molecular formula is C20H27N. The molecule has 2 aromatic carbocycles. The Morgan fingerprint density at radius 2 is 1.76 bits per heavy atom. The van der Waals surface area contributed by atoms with Gasteiger partial charge in [-0.2, -0.15) is 0 Å². The lowest BCUT2D eigenvalue weighted by Crippen LogP contribution is -2.19. The molecule has 1 N–H and O–H groups in total. The van der Waals surface area contributed by atoms with Gasteiger partial charge in [-0.15, -0.1) is 0 Å². The molecule has 0 aliphatic heterocycles. The molecule has 2 aromatic rings. The predicted molar refractivity (Wildman–Crippen MR) is 91.8 cm³/mol. The first kappa shape index (κ1) is 15.8. The molecule has 0 radical (unpaired) electrons. The number of hydrogen-bond donors (Lipinski definition) is 1. The summed E-state index contributed by atoms with van der Waals surface area (Å²) < 4.78 is 0. The van der Waals surface area contributed by atoms with Crippen LogP contribution in [0, 0.1) is 19.8 Å². The summed E-state index contributed by atoms with van der Waals surface area (Å²) in [6.45, 7) is 8.89. The highest BCUT2D eigenvalue weighted by atomic mass is 14.9. The Balaban J connectivity index is 2.39. The second-order valence-electron chi connectivity index (χ2n) is 6.42. The molecule has 2 rings (SSSR count). The van der Waals surface area contributed by atoms with Crippen molar-refractivity contribution >= 4 is 0 Å². The zero-order valence-electron chi connectivity index (χ0n) is 13.9. The van der Waals surface area contributed by atoms with Crippen LogP contribution in [-0.2, 0) is 6.42 Å². The Hall–Kier alpha value is -1.60. The molecule has 0 spiro atoms. The number of hydrogen-bond acceptors (Lipinski definition) is 1. The Kier molecular flexibility index (Phi) is 5.19. The molecule has 0 aromatic heterocycles. The molecule has 0 amide bonds. The Morgan fingerprint density at radius 3 is 2.43 bits per heavy atom. The first-order valence-electron chi connectivity index (χ1n) is 7.84. The average molecular weight is 281 g/mol. The topological polar surface area (TPSA) is 12.0 Å². The Labute approximate surface area is 129 Å². The summed E-state index contributed by atoms with van der Waals surface area (Å²) in [4.78, 5) is 0. The van der Waals surface area contributed by atoms with Gasteiger partial charge in [0.2, 0.25) is 0 Å². The zero-order valence-corrected chi connectivity index (χ0v) is 13.9. The standard InChI is InChI=1S/C20H27N/c1-14(2)11-17-7-6-8-18(13-17)20(21-5)19-12-15(3)9-10-16(19)4/h6-10,12-14,20-21H,11H2,1-5H3. The highest BCUT2D eigenvalue weighted by molar-refractivity contribution is 5.40. The minimum absolute atomic E-state index is 0.261. The van der Waals surface area contributed by atoms with Crippen LogP contribution in [-0.4, -0.2) is 7.05 Å². The lowest BCUT2D eigenvalue weighted by Gasteiger charge is -2.21. The van der Waals surface area contributed by atoms with Crippen molar-refractivity contribution < 1.29 is 0 Å². The van der Waals surface area contributed by atoms with Crippen molar-refractivity contribution in [3.63, 3.8) is 0 Å². The van der Waals surface area contributed by atoms with Crippen LogP contribution in [0.5, 0.6) is 0 Å².